The summed E-state index contributed by atoms with van der Waals surface area (Å²) in [5, 5.41) is 10.5. The summed E-state index contributed by atoms with van der Waals surface area (Å²) in [7, 11) is 0. The van der Waals surface area contributed by atoms with Gasteiger partial charge in [-0.25, -0.2) is 0 Å². The lowest BCUT2D eigenvalue weighted by Gasteiger charge is -2.10. The van der Waals surface area contributed by atoms with E-state index in [1.807, 2.05) is 23.6 Å². The number of pyridine rings is 1. The van der Waals surface area contributed by atoms with Gasteiger partial charge in [0.2, 0.25) is 0 Å². The minimum atomic E-state index is -0.0496. The average molecular weight is 469 g/mol. The van der Waals surface area contributed by atoms with Gasteiger partial charge in [0.1, 0.15) is 12.4 Å². The van der Waals surface area contributed by atoms with E-state index in [4.69, 9.17) is 16.3 Å². The van der Waals surface area contributed by atoms with Gasteiger partial charge in [0, 0.05) is 29.4 Å². The summed E-state index contributed by atoms with van der Waals surface area (Å²) in [6, 6.07) is 15.1. The number of nitrogens with one attached hydrogen (secondary N) is 1. The van der Waals surface area contributed by atoms with Crippen LogP contribution in [0.1, 0.15) is 43.8 Å². The van der Waals surface area contributed by atoms with Crippen molar-refractivity contribution in [2.24, 2.45) is 0 Å². The summed E-state index contributed by atoms with van der Waals surface area (Å²) >= 11 is 7.78. The molecule has 0 unspecified atom stereocenters. The third kappa shape index (κ3) is 4.84. The van der Waals surface area contributed by atoms with Crippen molar-refractivity contribution < 1.29 is 4.74 Å². The summed E-state index contributed by atoms with van der Waals surface area (Å²) in [6.07, 6.45) is 0. The Balaban J connectivity index is 1.46. The van der Waals surface area contributed by atoms with Crippen LogP contribution < -0.4 is 10.2 Å². The Morgan fingerprint density at radius 3 is 2.66 bits per heavy atom. The van der Waals surface area contributed by atoms with E-state index in [0.717, 1.165) is 29.0 Å². The molecule has 4 aromatic rings. The number of benzene rings is 2. The quantitative estimate of drug-likeness (QED) is 0.331. The lowest BCUT2D eigenvalue weighted by molar-refractivity contribution is 0.288. The number of fused-ring (bicyclic) bond motifs is 1. The van der Waals surface area contributed by atoms with Crippen LogP contribution in [0.15, 0.2) is 58.5 Å². The first-order valence-corrected chi connectivity index (χ1v) is 11.9. The van der Waals surface area contributed by atoms with Crippen molar-refractivity contribution >= 4 is 34.3 Å². The van der Waals surface area contributed by atoms with Crippen LogP contribution in [0.5, 0.6) is 5.75 Å². The molecule has 4 rings (SSSR count). The fraction of sp³-hybridized carbons (Fsp3) is 0.292. The van der Waals surface area contributed by atoms with Crippen molar-refractivity contribution in [2.75, 3.05) is 0 Å². The van der Waals surface area contributed by atoms with Gasteiger partial charge in [0.15, 0.2) is 16.4 Å². The molecule has 0 atom stereocenters. The molecule has 0 saturated heterocycles. The van der Waals surface area contributed by atoms with Gasteiger partial charge in [-0.2, -0.15) is 0 Å². The van der Waals surface area contributed by atoms with E-state index in [1.54, 1.807) is 24.3 Å². The summed E-state index contributed by atoms with van der Waals surface area (Å²) in [5.74, 6) is 2.60. The van der Waals surface area contributed by atoms with E-state index in [0.29, 0.717) is 34.2 Å². The first-order chi connectivity index (χ1) is 15.5. The lowest BCUT2D eigenvalue weighted by atomic mass is 10.0. The third-order valence-corrected chi connectivity index (χ3v) is 6.58. The molecule has 1 N–H and O–H groups in total. The molecular formula is C24H25ClN4O2S. The number of hydrogen-bond donors (Lipinski definition) is 1. The molecule has 0 aliphatic rings. The van der Waals surface area contributed by atoms with Crippen LogP contribution in [0.25, 0.3) is 10.9 Å². The van der Waals surface area contributed by atoms with Crippen LogP contribution in [0, 0.1) is 0 Å². The highest BCUT2D eigenvalue weighted by Crippen LogP contribution is 2.25. The molecule has 2 aromatic carbocycles. The number of nitrogens with zero attached hydrogens (tertiary/aromatic N) is 3. The molecule has 2 aromatic heterocycles. The maximum atomic E-state index is 12.4. The predicted molar refractivity (Wildman–Crippen MR) is 130 cm³/mol. The smallest absolute Gasteiger partial charge is 0.191 e. The first-order valence-electron chi connectivity index (χ1n) is 10.5. The molecule has 8 heteroatoms. The Labute approximate surface area is 196 Å². The van der Waals surface area contributed by atoms with Gasteiger partial charge in [-0.15, -0.1) is 10.2 Å². The number of ether oxygens (including phenoxy) is 1. The molecule has 166 valence electrons. The number of halogens is 1. The number of aromatic amines is 1. The zero-order chi connectivity index (χ0) is 22.7. The third-order valence-electron chi connectivity index (χ3n) is 5.25. The van der Waals surface area contributed by atoms with Crippen LogP contribution in [-0.4, -0.2) is 19.7 Å². The Morgan fingerprint density at radius 1 is 1.16 bits per heavy atom. The zero-order valence-corrected chi connectivity index (χ0v) is 19.8. The molecule has 0 radical (unpaired) electrons. The second kappa shape index (κ2) is 9.79. The largest absolute Gasteiger partial charge is 0.486 e. The maximum absolute atomic E-state index is 12.4. The normalized spacial score (nSPS) is 11.4. The minimum absolute atomic E-state index is 0.0496. The second-order valence-electron chi connectivity index (χ2n) is 7.77. The Hall–Kier alpha value is -2.77. The fourth-order valence-electron chi connectivity index (χ4n) is 3.46. The molecule has 6 nitrogen and oxygen atoms in total. The first kappa shape index (κ1) is 22.4. The summed E-state index contributed by atoms with van der Waals surface area (Å²) < 4.78 is 7.95. The van der Waals surface area contributed by atoms with Gasteiger partial charge in [-0.3, -0.25) is 4.79 Å². The Bertz CT molecular complexity index is 1280. The number of rotatable bonds is 8. The Kier molecular flexibility index (Phi) is 6.86. The molecule has 2 heterocycles. The van der Waals surface area contributed by atoms with Gasteiger partial charge in [0.05, 0.1) is 10.5 Å². The van der Waals surface area contributed by atoms with E-state index in [1.165, 1.54) is 17.3 Å². The predicted octanol–water partition coefficient (Wildman–Crippen LogP) is 5.79. The molecular weight excluding hydrogens is 444 g/mol. The SMILES string of the molecule is CCn1c(COc2ccc(C(C)C)cc2)nnc1SCc1cc(=O)c2cccc(Cl)c2[nH]1. The zero-order valence-electron chi connectivity index (χ0n) is 18.3. The molecule has 0 spiro atoms. The molecule has 0 bridgehead atoms. The topological polar surface area (TPSA) is 72.8 Å². The van der Waals surface area contributed by atoms with Crippen molar-refractivity contribution in [1.82, 2.24) is 19.7 Å². The van der Waals surface area contributed by atoms with E-state index in [-0.39, 0.29) is 5.43 Å². The minimum Gasteiger partial charge on any atom is -0.486 e. The summed E-state index contributed by atoms with van der Waals surface area (Å²) in [5.41, 5.74) is 2.67. The lowest BCUT2D eigenvalue weighted by Crippen LogP contribution is -2.08. The van der Waals surface area contributed by atoms with Gasteiger partial charge >= 0.3 is 0 Å². The van der Waals surface area contributed by atoms with E-state index >= 15 is 0 Å². The maximum Gasteiger partial charge on any atom is 0.191 e. The highest BCUT2D eigenvalue weighted by Gasteiger charge is 2.13. The number of hydrogen-bond acceptors (Lipinski definition) is 5. The molecule has 0 aliphatic heterocycles. The van der Waals surface area contributed by atoms with Crippen LogP contribution >= 0.6 is 23.4 Å². The van der Waals surface area contributed by atoms with Crippen molar-refractivity contribution in [3.05, 3.63) is 80.9 Å². The van der Waals surface area contributed by atoms with Gasteiger partial charge in [-0.05, 0) is 42.7 Å². The van der Waals surface area contributed by atoms with E-state index < -0.39 is 0 Å². The number of aromatic nitrogens is 4. The van der Waals surface area contributed by atoms with Crippen LogP contribution in [-0.2, 0) is 18.9 Å². The van der Waals surface area contributed by atoms with Gasteiger partial charge < -0.3 is 14.3 Å². The molecule has 0 saturated carbocycles. The fourth-order valence-corrected chi connectivity index (χ4v) is 4.61. The monoisotopic (exact) mass is 468 g/mol. The van der Waals surface area contributed by atoms with Crippen LogP contribution in [0.2, 0.25) is 5.02 Å². The van der Waals surface area contributed by atoms with E-state index in [9.17, 15) is 4.79 Å². The van der Waals surface area contributed by atoms with Crippen molar-refractivity contribution in [3.63, 3.8) is 0 Å². The molecule has 32 heavy (non-hydrogen) atoms. The highest BCUT2D eigenvalue weighted by atomic mass is 35.5. The van der Waals surface area contributed by atoms with Gasteiger partial charge in [-0.1, -0.05) is 55.4 Å². The van der Waals surface area contributed by atoms with Crippen molar-refractivity contribution in [3.8, 4) is 5.75 Å². The summed E-state index contributed by atoms with van der Waals surface area (Å²) in [6.45, 7) is 7.44. The molecule has 0 aliphatic carbocycles. The average Bonchev–Trinajstić information content (AvgIpc) is 3.19. The van der Waals surface area contributed by atoms with Crippen molar-refractivity contribution in [1.29, 1.82) is 0 Å². The highest BCUT2D eigenvalue weighted by molar-refractivity contribution is 7.98. The molecule has 0 amide bonds. The number of H-pyrrole nitrogens is 1. The van der Waals surface area contributed by atoms with Crippen LogP contribution in [0.4, 0.5) is 0 Å². The van der Waals surface area contributed by atoms with Crippen molar-refractivity contribution in [2.45, 2.75) is 50.8 Å². The number of thioether (sulfide) groups is 1. The summed E-state index contributed by atoms with van der Waals surface area (Å²) in [4.78, 5) is 15.7. The van der Waals surface area contributed by atoms with Crippen LogP contribution in [0.3, 0.4) is 0 Å². The van der Waals surface area contributed by atoms with Gasteiger partial charge in [0.25, 0.3) is 0 Å². The molecule has 0 fully saturated rings. The number of para-hydroxylation sites is 1. The Morgan fingerprint density at radius 2 is 1.94 bits per heavy atom. The van der Waals surface area contributed by atoms with E-state index in [2.05, 4.69) is 41.2 Å². The standard InChI is InChI=1S/C24H25ClN4O2S/c1-4-29-22(13-31-18-10-8-16(9-11-18)15(2)3)27-28-24(29)32-14-17-12-21(30)19-6-5-7-20(25)23(19)26-17/h5-12,15H,4,13-14H2,1-3H3,(H,26,30). The second-order valence-corrected chi connectivity index (χ2v) is 9.12.